The molecule has 2 heteroatoms. The second-order valence-corrected chi connectivity index (χ2v) is 6.97. The highest BCUT2D eigenvalue weighted by Gasteiger charge is 2.53. The van der Waals surface area contributed by atoms with Crippen molar-refractivity contribution < 1.29 is 9.47 Å². The third kappa shape index (κ3) is 2.70. The maximum Gasteiger partial charge on any atom is 0.0925 e. The van der Waals surface area contributed by atoms with E-state index < -0.39 is 0 Å². The minimum Gasteiger partial charge on any atom is -0.371 e. The van der Waals surface area contributed by atoms with Crippen molar-refractivity contribution in [1.82, 2.24) is 0 Å². The van der Waals surface area contributed by atoms with Gasteiger partial charge in [0.25, 0.3) is 0 Å². The van der Waals surface area contributed by atoms with Crippen molar-refractivity contribution >= 4 is 0 Å². The minimum absolute atomic E-state index is 0.00250. The summed E-state index contributed by atoms with van der Waals surface area (Å²) in [4.78, 5) is 0. The van der Waals surface area contributed by atoms with Gasteiger partial charge in [-0.05, 0) is 51.5 Å². The van der Waals surface area contributed by atoms with E-state index in [2.05, 4.69) is 45.0 Å². The van der Waals surface area contributed by atoms with Crippen molar-refractivity contribution in [1.29, 1.82) is 0 Å². The number of hydrogen-bond donors (Lipinski definition) is 0. The fourth-order valence-corrected chi connectivity index (χ4v) is 3.99. The van der Waals surface area contributed by atoms with Crippen molar-refractivity contribution in [2.75, 3.05) is 0 Å². The van der Waals surface area contributed by atoms with Crippen LogP contribution in [0.25, 0.3) is 0 Å². The van der Waals surface area contributed by atoms with E-state index >= 15 is 0 Å². The van der Waals surface area contributed by atoms with Crippen molar-refractivity contribution in [3.8, 4) is 0 Å². The first kappa shape index (κ1) is 13.1. The largest absolute Gasteiger partial charge is 0.371 e. The van der Waals surface area contributed by atoms with Crippen LogP contribution in [0.4, 0.5) is 0 Å². The molecule has 0 radical (unpaired) electrons. The molecule has 2 aliphatic rings. The Bertz CT molecular complexity index is 440. The van der Waals surface area contributed by atoms with Gasteiger partial charge in [0.2, 0.25) is 0 Å². The van der Waals surface area contributed by atoms with Crippen LogP contribution in [-0.2, 0) is 16.1 Å². The van der Waals surface area contributed by atoms with Gasteiger partial charge in [0.15, 0.2) is 0 Å². The van der Waals surface area contributed by atoms with Gasteiger partial charge < -0.3 is 9.47 Å². The number of benzene rings is 1. The molecule has 1 aliphatic heterocycles. The third-order valence-electron chi connectivity index (χ3n) is 4.51. The zero-order chi connectivity index (χ0) is 13.5. The Morgan fingerprint density at radius 2 is 1.89 bits per heavy atom. The smallest absolute Gasteiger partial charge is 0.0925 e. The summed E-state index contributed by atoms with van der Waals surface area (Å²) in [5, 5.41) is 0. The van der Waals surface area contributed by atoms with E-state index in [1.165, 1.54) is 5.56 Å². The summed E-state index contributed by atoms with van der Waals surface area (Å²) in [5.41, 5.74) is 1.15. The van der Waals surface area contributed by atoms with E-state index in [4.69, 9.17) is 9.47 Å². The Hall–Kier alpha value is -0.860. The number of hydrogen-bond acceptors (Lipinski definition) is 2. The molecule has 0 aromatic heterocycles. The zero-order valence-corrected chi connectivity index (χ0v) is 12.2. The first-order valence-electron chi connectivity index (χ1n) is 7.33. The molecule has 3 rings (SSSR count). The molecule has 2 nitrogen and oxygen atoms in total. The normalized spacial score (nSPS) is 36.4. The first-order valence-corrected chi connectivity index (χ1v) is 7.33. The topological polar surface area (TPSA) is 18.5 Å². The minimum atomic E-state index is -0.0960. The second kappa shape index (κ2) is 4.60. The van der Waals surface area contributed by atoms with E-state index in [9.17, 15) is 0 Å². The SMILES string of the molecule is CC1(C)CC2CC(OCc3ccccc3)C(C)(C2)O1. The van der Waals surface area contributed by atoms with Gasteiger partial charge in [-0.1, -0.05) is 30.3 Å². The predicted molar refractivity (Wildman–Crippen MR) is 75.9 cm³/mol. The Morgan fingerprint density at radius 1 is 1.16 bits per heavy atom. The summed E-state index contributed by atoms with van der Waals surface area (Å²) in [5.74, 6) is 0.759. The number of ether oxygens (including phenoxy) is 2. The van der Waals surface area contributed by atoms with Crippen LogP contribution in [0.2, 0.25) is 0 Å². The van der Waals surface area contributed by atoms with Gasteiger partial charge in [-0.2, -0.15) is 0 Å². The van der Waals surface area contributed by atoms with E-state index in [1.54, 1.807) is 0 Å². The van der Waals surface area contributed by atoms with Crippen LogP contribution in [0.15, 0.2) is 30.3 Å². The molecule has 1 saturated heterocycles. The van der Waals surface area contributed by atoms with E-state index in [0.717, 1.165) is 25.2 Å². The molecular formula is C17H24O2. The summed E-state index contributed by atoms with van der Waals surface area (Å²) >= 11 is 0. The summed E-state index contributed by atoms with van der Waals surface area (Å²) in [6.45, 7) is 7.33. The highest BCUT2D eigenvalue weighted by molar-refractivity contribution is 5.14. The van der Waals surface area contributed by atoms with Gasteiger partial charge >= 0.3 is 0 Å². The van der Waals surface area contributed by atoms with Crippen LogP contribution in [0.1, 0.15) is 45.6 Å². The summed E-state index contributed by atoms with van der Waals surface area (Å²) in [7, 11) is 0. The summed E-state index contributed by atoms with van der Waals surface area (Å²) < 4.78 is 12.5. The van der Waals surface area contributed by atoms with Crippen molar-refractivity contribution in [3.05, 3.63) is 35.9 Å². The first-order chi connectivity index (χ1) is 8.97. The molecule has 1 aliphatic carbocycles. The lowest BCUT2D eigenvalue weighted by atomic mass is 9.86. The lowest BCUT2D eigenvalue weighted by molar-refractivity contribution is -0.197. The predicted octanol–water partition coefficient (Wildman–Crippen LogP) is 3.94. The molecule has 19 heavy (non-hydrogen) atoms. The van der Waals surface area contributed by atoms with Gasteiger partial charge in [0, 0.05) is 0 Å². The molecule has 2 bridgehead atoms. The average Bonchev–Trinajstić information content (AvgIpc) is 2.56. The van der Waals surface area contributed by atoms with Crippen LogP contribution < -0.4 is 0 Å². The van der Waals surface area contributed by atoms with Crippen molar-refractivity contribution in [3.63, 3.8) is 0 Å². The summed E-state index contributed by atoms with van der Waals surface area (Å²) in [6.07, 6.45) is 3.69. The molecule has 3 atom stereocenters. The van der Waals surface area contributed by atoms with Crippen LogP contribution >= 0.6 is 0 Å². The van der Waals surface area contributed by atoms with Gasteiger partial charge in [-0.25, -0.2) is 0 Å². The standard InChI is InChI=1S/C17H24O2/c1-16(2)10-14-9-15(17(3,11-14)19-16)18-12-13-7-5-4-6-8-13/h4-8,14-15H,9-12H2,1-3H3. The fourth-order valence-electron chi connectivity index (χ4n) is 3.99. The quantitative estimate of drug-likeness (QED) is 0.819. The van der Waals surface area contributed by atoms with Crippen LogP contribution in [-0.4, -0.2) is 17.3 Å². The molecule has 0 spiro atoms. The van der Waals surface area contributed by atoms with E-state index in [1.807, 2.05) is 6.07 Å². The molecular weight excluding hydrogens is 236 g/mol. The lowest BCUT2D eigenvalue weighted by Gasteiger charge is -2.43. The Morgan fingerprint density at radius 3 is 2.63 bits per heavy atom. The molecule has 1 heterocycles. The molecule has 3 unspecified atom stereocenters. The van der Waals surface area contributed by atoms with E-state index in [-0.39, 0.29) is 17.3 Å². The van der Waals surface area contributed by atoms with Crippen LogP contribution in [0.5, 0.6) is 0 Å². The second-order valence-electron chi connectivity index (χ2n) is 6.97. The van der Waals surface area contributed by atoms with Gasteiger partial charge in [0.1, 0.15) is 0 Å². The highest BCUT2D eigenvalue weighted by Crippen LogP contribution is 2.50. The molecule has 1 aromatic rings. The van der Waals surface area contributed by atoms with Crippen molar-refractivity contribution in [2.45, 2.75) is 63.9 Å². The molecule has 1 saturated carbocycles. The molecule has 1 aromatic carbocycles. The average molecular weight is 260 g/mol. The monoisotopic (exact) mass is 260 g/mol. The maximum atomic E-state index is 6.33. The van der Waals surface area contributed by atoms with Gasteiger partial charge in [-0.3, -0.25) is 0 Å². The number of fused-ring (bicyclic) bond motifs is 2. The number of rotatable bonds is 3. The Kier molecular flexibility index (Phi) is 3.18. The van der Waals surface area contributed by atoms with Crippen LogP contribution in [0.3, 0.4) is 0 Å². The summed E-state index contributed by atoms with van der Waals surface area (Å²) in [6, 6.07) is 10.4. The lowest BCUT2D eigenvalue weighted by Crippen LogP contribution is -2.47. The molecule has 2 fully saturated rings. The van der Waals surface area contributed by atoms with E-state index in [0.29, 0.717) is 6.61 Å². The molecule has 104 valence electrons. The zero-order valence-electron chi connectivity index (χ0n) is 12.2. The van der Waals surface area contributed by atoms with Gasteiger partial charge in [-0.15, -0.1) is 0 Å². The Labute approximate surface area is 116 Å². The van der Waals surface area contributed by atoms with Crippen molar-refractivity contribution in [2.24, 2.45) is 5.92 Å². The van der Waals surface area contributed by atoms with Crippen LogP contribution in [0, 0.1) is 5.92 Å². The highest BCUT2D eigenvalue weighted by atomic mass is 16.6. The molecule has 0 N–H and O–H groups in total. The maximum absolute atomic E-state index is 6.33. The third-order valence-corrected chi connectivity index (χ3v) is 4.51. The Balaban J connectivity index is 1.66. The fraction of sp³-hybridized carbons (Fsp3) is 0.647. The van der Waals surface area contributed by atoms with Gasteiger partial charge in [0.05, 0.1) is 23.9 Å². The molecule has 0 amide bonds.